The molecule has 0 aliphatic rings. The summed E-state index contributed by atoms with van der Waals surface area (Å²) in [5.74, 6) is 0.625. The number of hydrogen-bond donors (Lipinski definition) is 0. The molecule has 2 nitrogen and oxygen atoms in total. The lowest BCUT2D eigenvalue weighted by atomic mass is 10.1. The average molecular weight is 230 g/mol. The zero-order valence-electron chi connectivity index (χ0n) is 10.1. The van der Waals surface area contributed by atoms with Crippen molar-refractivity contribution in [1.82, 2.24) is 9.97 Å². The highest BCUT2D eigenvalue weighted by Gasteiger charge is 2.04. The number of benzene rings is 1. The van der Waals surface area contributed by atoms with E-state index in [2.05, 4.69) is 16.9 Å². The lowest BCUT2D eigenvalue weighted by Crippen LogP contribution is -1.98. The molecule has 3 heteroatoms. The first kappa shape index (κ1) is 11.7. The Labute approximate surface area is 101 Å². The van der Waals surface area contributed by atoms with Crippen molar-refractivity contribution in [3.8, 4) is 11.3 Å². The van der Waals surface area contributed by atoms with Gasteiger partial charge in [0.25, 0.3) is 0 Å². The Morgan fingerprint density at radius 1 is 1.12 bits per heavy atom. The van der Waals surface area contributed by atoms with E-state index in [1.165, 1.54) is 12.1 Å². The summed E-state index contributed by atoms with van der Waals surface area (Å²) in [5, 5.41) is 0. The van der Waals surface area contributed by atoms with Crippen molar-refractivity contribution in [3.05, 3.63) is 47.7 Å². The zero-order chi connectivity index (χ0) is 12.3. The monoisotopic (exact) mass is 230 g/mol. The van der Waals surface area contributed by atoms with Crippen molar-refractivity contribution in [2.75, 3.05) is 0 Å². The molecule has 0 aliphatic carbocycles. The molecule has 0 spiro atoms. The van der Waals surface area contributed by atoms with Crippen molar-refractivity contribution in [3.63, 3.8) is 0 Å². The van der Waals surface area contributed by atoms with Crippen LogP contribution in [0, 0.1) is 12.7 Å². The molecule has 88 valence electrons. The molecule has 0 unspecified atom stereocenters. The zero-order valence-corrected chi connectivity index (χ0v) is 10.1. The molecule has 0 saturated carbocycles. The van der Waals surface area contributed by atoms with Crippen LogP contribution >= 0.6 is 0 Å². The predicted octanol–water partition coefficient (Wildman–Crippen LogP) is 3.54. The van der Waals surface area contributed by atoms with Crippen molar-refractivity contribution in [1.29, 1.82) is 0 Å². The number of aromatic nitrogens is 2. The SMILES string of the molecule is CCCc1nc(C)cc(-c2ccc(F)cc2)n1. The van der Waals surface area contributed by atoms with E-state index in [4.69, 9.17) is 0 Å². The van der Waals surface area contributed by atoms with E-state index in [0.29, 0.717) is 0 Å². The molecule has 1 aromatic heterocycles. The van der Waals surface area contributed by atoms with Gasteiger partial charge in [-0.3, -0.25) is 0 Å². The Balaban J connectivity index is 2.40. The van der Waals surface area contributed by atoms with Gasteiger partial charge < -0.3 is 0 Å². The van der Waals surface area contributed by atoms with Gasteiger partial charge >= 0.3 is 0 Å². The Bertz CT molecular complexity index is 506. The van der Waals surface area contributed by atoms with Gasteiger partial charge in [-0.15, -0.1) is 0 Å². The van der Waals surface area contributed by atoms with E-state index in [1.54, 1.807) is 12.1 Å². The second-order valence-corrected chi connectivity index (χ2v) is 4.07. The molecule has 0 bridgehead atoms. The Morgan fingerprint density at radius 2 is 1.82 bits per heavy atom. The van der Waals surface area contributed by atoms with Crippen LogP contribution in [0.15, 0.2) is 30.3 Å². The van der Waals surface area contributed by atoms with Gasteiger partial charge in [-0.2, -0.15) is 0 Å². The summed E-state index contributed by atoms with van der Waals surface area (Å²) < 4.78 is 12.8. The van der Waals surface area contributed by atoms with Gasteiger partial charge in [0.2, 0.25) is 0 Å². The molecule has 0 aliphatic heterocycles. The minimum absolute atomic E-state index is 0.228. The summed E-state index contributed by atoms with van der Waals surface area (Å²) in [6.07, 6.45) is 1.89. The first-order valence-corrected chi connectivity index (χ1v) is 5.79. The molecule has 17 heavy (non-hydrogen) atoms. The van der Waals surface area contributed by atoms with E-state index in [1.807, 2.05) is 13.0 Å². The fraction of sp³-hybridized carbons (Fsp3) is 0.286. The maximum Gasteiger partial charge on any atom is 0.129 e. The van der Waals surface area contributed by atoms with Crippen molar-refractivity contribution in [2.45, 2.75) is 26.7 Å². The summed E-state index contributed by atoms with van der Waals surface area (Å²) in [7, 11) is 0. The highest BCUT2D eigenvalue weighted by molar-refractivity contribution is 5.59. The molecule has 2 aromatic rings. The van der Waals surface area contributed by atoms with Gasteiger partial charge in [-0.1, -0.05) is 6.92 Å². The normalized spacial score (nSPS) is 10.5. The molecule has 0 N–H and O–H groups in total. The molecular weight excluding hydrogens is 215 g/mol. The standard InChI is InChI=1S/C14H15FN2/c1-3-4-14-16-10(2)9-13(17-14)11-5-7-12(15)8-6-11/h5-9H,3-4H2,1-2H3. The number of rotatable bonds is 3. The molecule has 0 atom stereocenters. The third kappa shape index (κ3) is 2.87. The summed E-state index contributed by atoms with van der Waals surface area (Å²) in [4.78, 5) is 8.87. The van der Waals surface area contributed by atoms with Crippen LogP contribution in [0.5, 0.6) is 0 Å². The molecular formula is C14H15FN2. The van der Waals surface area contributed by atoms with E-state index in [0.717, 1.165) is 35.6 Å². The third-order valence-corrected chi connectivity index (χ3v) is 2.51. The maximum absolute atomic E-state index is 12.8. The highest BCUT2D eigenvalue weighted by atomic mass is 19.1. The number of nitrogens with zero attached hydrogens (tertiary/aromatic N) is 2. The molecule has 0 amide bonds. The summed E-state index contributed by atoms with van der Waals surface area (Å²) in [5.41, 5.74) is 2.73. The minimum atomic E-state index is -0.228. The van der Waals surface area contributed by atoms with Crippen molar-refractivity contribution in [2.24, 2.45) is 0 Å². The maximum atomic E-state index is 12.8. The van der Waals surface area contributed by atoms with E-state index in [-0.39, 0.29) is 5.82 Å². The topological polar surface area (TPSA) is 25.8 Å². The van der Waals surface area contributed by atoms with Crippen LogP contribution in [0.4, 0.5) is 4.39 Å². The van der Waals surface area contributed by atoms with Gasteiger partial charge in [0.05, 0.1) is 5.69 Å². The summed E-state index contributed by atoms with van der Waals surface area (Å²) in [6, 6.07) is 8.31. The van der Waals surface area contributed by atoms with Gasteiger partial charge in [-0.25, -0.2) is 14.4 Å². The second-order valence-electron chi connectivity index (χ2n) is 4.07. The first-order valence-electron chi connectivity index (χ1n) is 5.79. The quantitative estimate of drug-likeness (QED) is 0.806. The van der Waals surface area contributed by atoms with E-state index >= 15 is 0 Å². The predicted molar refractivity (Wildman–Crippen MR) is 66.2 cm³/mol. The van der Waals surface area contributed by atoms with E-state index < -0.39 is 0 Å². The second kappa shape index (κ2) is 5.04. The molecule has 0 radical (unpaired) electrons. The van der Waals surface area contributed by atoms with Crippen LogP contribution in [-0.4, -0.2) is 9.97 Å². The Morgan fingerprint density at radius 3 is 2.47 bits per heavy atom. The van der Waals surface area contributed by atoms with Crippen LogP contribution < -0.4 is 0 Å². The molecule has 0 saturated heterocycles. The Hall–Kier alpha value is -1.77. The van der Waals surface area contributed by atoms with Gasteiger partial charge in [0, 0.05) is 17.7 Å². The lowest BCUT2D eigenvalue weighted by molar-refractivity contribution is 0.628. The van der Waals surface area contributed by atoms with Crippen LogP contribution in [0.25, 0.3) is 11.3 Å². The average Bonchev–Trinajstić information content (AvgIpc) is 2.29. The fourth-order valence-corrected chi connectivity index (χ4v) is 1.73. The molecule has 0 fully saturated rings. The number of halogens is 1. The lowest BCUT2D eigenvalue weighted by Gasteiger charge is -2.05. The van der Waals surface area contributed by atoms with Gasteiger partial charge in [0.15, 0.2) is 0 Å². The highest BCUT2D eigenvalue weighted by Crippen LogP contribution is 2.18. The molecule has 1 heterocycles. The van der Waals surface area contributed by atoms with Crippen LogP contribution in [-0.2, 0) is 6.42 Å². The van der Waals surface area contributed by atoms with Gasteiger partial charge in [-0.05, 0) is 43.7 Å². The molecule has 2 rings (SSSR count). The van der Waals surface area contributed by atoms with Crippen LogP contribution in [0.2, 0.25) is 0 Å². The van der Waals surface area contributed by atoms with Gasteiger partial charge in [0.1, 0.15) is 11.6 Å². The fourth-order valence-electron chi connectivity index (χ4n) is 1.73. The van der Waals surface area contributed by atoms with Crippen molar-refractivity contribution >= 4 is 0 Å². The van der Waals surface area contributed by atoms with Crippen LogP contribution in [0.3, 0.4) is 0 Å². The first-order chi connectivity index (χ1) is 8.19. The molecule has 1 aromatic carbocycles. The number of aryl methyl sites for hydroxylation is 2. The minimum Gasteiger partial charge on any atom is -0.238 e. The largest absolute Gasteiger partial charge is 0.238 e. The smallest absolute Gasteiger partial charge is 0.129 e. The third-order valence-electron chi connectivity index (χ3n) is 2.51. The van der Waals surface area contributed by atoms with Crippen LogP contribution in [0.1, 0.15) is 24.9 Å². The van der Waals surface area contributed by atoms with E-state index in [9.17, 15) is 4.39 Å². The summed E-state index contributed by atoms with van der Waals surface area (Å²) >= 11 is 0. The summed E-state index contributed by atoms with van der Waals surface area (Å²) in [6.45, 7) is 4.05. The van der Waals surface area contributed by atoms with Crippen molar-refractivity contribution < 1.29 is 4.39 Å². The Kier molecular flexibility index (Phi) is 3.47. The number of hydrogen-bond acceptors (Lipinski definition) is 2.